The van der Waals surface area contributed by atoms with Gasteiger partial charge in [-0.25, -0.2) is 0 Å². The highest BCUT2D eigenvalue weighted by molar-refractivity contribution is 7.19. The summed E-state index contributed by atoms with van der Waals surface area (Å²) in [5, 5.41) is 24.1. The van der Waals surface area contributed by atoms with E-state index in [2.05, 4.69) is 40.8 Å². The van der Waals surface area contributed by atoms with Crippen molar-refractivity contribution in [3.63, 3.8) is 0 Å². The molecule has 188 valence electrons. The molecule has 4 heterocycles. The van der Waals surface area contributed by atoms with Crippen molar-refractivity contribution in [3.8, 4) is 0 Å². The van der Waals surface area contributed by atoms with Crippen LogP contribution in [0, 0.1) is 5.41 Å². The minimum atomic E-state index is -0.0604. The average molecular weight is 499 g/mol. The molecule has 0 bridgehead atoms. The summed E-state index contributed by atoms with van der Waals surface area (Å²) in [6, 6.07) is 4.79. The molecular formula is C24H34N8O2S. The summed E-state index contributed by atoms with van der Waals surface area (Å²) >= 11 is 1.37. The van der Waals surface area contributed by atoms with Gasteiger partial charge >= 0.3 is 0 Å². The van der Waals surface area contributed by atoms with Gasteiger partial charge in [-0.2, -0.15) is 5.10 Å². The van der Waals surface area contributed by atoms with Crippen LogP contribution in [0.2, 0.25) is 0 Å². The Morgan fingerprint density at radius 3 is 2.74 bits per heavy atom. The first-order valence-corrected chi connectivity index (χ1v) is 13.7. The van der Waals surface area contributed by atoms with Gasteiger partial charge in [0.05, 0.1) is 19.1 Å². The van der Waals surface area contributed by atoms with Crippen molar-refractivity contribution in [2.45, 2.75) is 69.6 Å². The molecule has 4 fully saturated rings. The van der Waals surface area contributed by atoms with Crippen molar-refractivity contribution >= 4 is 33.3 Å². The fourth-order valence-corrected chi connectivity index (χ4v) is 6.62. The first-order valence-electron chi connectivity index (χ1n) is 12.9. The molecule has 11 heteroatoms. The fourth-order valence-electron chi connectivity index (χ4n) is 5.89. The third-order valence-electron chi connectivity index (χ3n) is 8.14. The molecule has 2 atom stereocenters. The number of hydrogen-bond donors (Lipinski definition) is 2. The lowest BCUT2D eigenvalue weighted by Crippen LogP contribution is -2.49. The van der Waals surface area contributed by atoms with E-state index in [4.69, 9.17) is 4.74 Å². The number of morpholine rings is 1. The molecule has 2 N–H and O–H groups in total. The van der Waals surface area contributed by atoms with E-state index < -0.39 is 0 Å². The van der Waals surface area contributed by atoms with Gasteiger partial charge in [-0.1, -0.05) is 11.3 Å². The zero-order valence-electron chi connectivity index (χ0n) is 20.1. The molecular weight excluding hydrogens is 464 g/mol. The maximum Gasteiger partial charge on any atom is 0.228 e. The predicted molar refractivity (Wildman–Crippen MR) is 135 cm³/mol. The van der Waals surface area contributed by atoms with Crippen LogP contribution in [0.25, 0.3) is 0 Å². The molecule has 10 nitrogen and oxygen atoms in total. The Labute approximate surface area is 209 Å². The van der Waals surface area contributed by atoms with Crippen LogP contribution in [0.4, 0.5) is 16.1 Å². The van der Waals surface area contributed by atoms with Crippen molar-refractivity contribution in [2.24, 2.45) is 5.41 Å². The third-order valence-corrected chi connectivity index (χ3v) is 8.91. The van der Waals surface area contributed by atoms with E-state index in [1.807, 2.05) is 12.1 Å². The van der Waals surface area contributed by atoms with Gasteiger partial charge in [0.25, 0.3) is 0 Å². The van der Waals surface area contributed by atoms with Crippen LogP contribution in [-0.2, 0) is 9.53 Å². The normalized spacial score (nSPS) is 26.7. The number of ether oxygens (including phenoxy) is 1. The molecule has 2 aromatic rings. The second kappa shape index (κ2) is 9.94. The van der Waals surface area contributed by atoms with Crippen LogP contribution in [0.15, 0.2) is 18.3 Å². The van der Waals surface area contributed by atoms with E-state index in [1.54, 1.807) is 6.20 Å². The number of amides is 1. The van der Waals surface area contributed by atoms with E-state index in [0.717, 1.165) is 43.5 Å². The lowest BCUT2D eigenvalue weighted by atomic mass is 9.82. The Hall–Kier alpha value is -2.37. The van der Waals surface area contributed by atoms with Gasteiger partial charge in [0.2, 0.25) is 16.2 Å². The Morgan fingerprint density at radius 1 is 1.09 bits per heavy atom. The Bertz CT molecular complexity index is 1010. The van der Waals surface area contributed by atoms with Gasteiger partial charge in [-0.05, 0) is 62.5 Å². The summed E-state index contributed by atoms with van der Waals surface area (Å²) in [6.45, 7) is 4.28. The number of hydrogen-bond acceptors (Lipinski definition) is 10. The van der Waals surface area contributed by atoms with Gasteiger partial charge in [-0.3, -0.25) is 9.69 Å². The Balaban J connectivity index is 0.951. The van der Waals surface area contributed by atoms with Crippen LogP contribution in [-0.4, -0.2) is 82.2 Å². The standard InChI is InChI=1S/C24H34N8O2S/c33-21(14-19-16-31(12-13-34-19)18-3-6-24(7-4-18)8-9-24)27-23-30-29-22(35-23)26-17-5-11-32(15-17)20-2-1-10-25-28-20/h1-2,10,17-19H,3-9,11-16H2,(H,26,29)(H,27,30,33)/t17-,19+/m1/s1. The van der Waals surface area contributed by atoms with Gasteiger partial charge < -0.3 is 20.3 Å². The Kier molecular flexibility index (Phi) is 6.55. The van der Waals surface area contributed by atoms with Crippen LogP contribution >= 0.6 is 11.3 Å². The molecule has 0 unspecified atom stereocenters. The molecule has 2 saturated carbocycles. The number of anilines is 3. The van der Waals surface area contributed by atoms with E-state index >= 15 is 0 Å². The van der Waals surface area contributed by atoms with Crippen molar-refractivity contribution in [3.05, 3.63) is 18.3 Å². The maximum absolute atomic E-state index is 12.7. The third kappa shape index (κ3) is 5.57. The Morgan fingerprint density at radius 2 is 1.94 bits per heavy atom. The van der Waals surface area contributed by atoms with Crippen molar-refractivity contribution in [1.29, 1.82) is 0 Å². The summed E-state index contributed by atoms with van der Waals surface area (Å²) < 4.78 is 5.94. The highest BCUT2D eigenvalue weighted by Crippen LogP contribution is 2.56. The summed E-state index contributed by atoms with van der Waals surface area (Å²) in [5.74, 6) is 0.829. The summed E-state index contributed by atoms with van der Waals surface area (Å²) in [7, 11) is 0. The first kappa shape index (κ1) is 23.1. The molecule has 4 aliphatic rings. The average Bonchev–Trinajstić information content (AvgIpc) is 3.25. The molecule has 2 aromatic heterocycles. The second-order valence-corrected chi connectivity index (χ2v) is 11.5. The highest BCUT2D eigenvalue weighted by Gasteiger charge is 2.45. The number of carbonyl (C=O) groups is 1. The first-order chi connectivity index (χ1) is 17.1. The summed E-state index contributed by atoms with van der Waals surface area (Å²) in [5.41, 5.74) is 0.714. The number of nitrogens with one attached hydrogen (secondary N) is 2. The molecule has 35 heavy (non-hydrogen) atoms. The SMILES string of the molecule is O=C(C[C@H]1CN(C2CCC3(CC2)CC3)CCO1)Nc1nnc(N[C@@H]2CCN(c3cccnn3)C2)s1. The van der Waals surface area contributed by atoms with Crippen molar-refractivity contribution < 1.29 is 9.53 Å². The number of rotatable bonds is 7. The van der Waals surface area contributed by atoms with Crippen LogP contribution < -0.4 is 15.5 Å². The number of carbonyl (C=O) groups excluding carboxylic acids is 1. The summed E-state index contributed by atoms with van der Waals surface area (Å²) in [6.07, 6.45) is 11.2. The van der Waals surface area contributed by atoms with Gasteiger partial charge in [0.1, 0.15) is 0 Å². The molecule has 1 amide bonds. The van der Waals surface area contributed by atoms with Crippen LogP contribution in [0.5, 0.6) is 0 Å². The molecule has 6 rings (SSSR count). The molecule has 0 radical (unpaired) electrons. The topological polar surface area (TPSA) is 108 Å². The predicted octanol–water partition coefficient (Wildman–Crippen LogP) is 2.77. The minimum Gasteiger partial charge on any atom is -0.375 e. The largest absolute Gasteiger partial charge is 0.375 e. The minimum absolute atomic E-state index is 0.0587. The van der Waals surface area contributed by atoms with E-state index in [1.165, 1.54) is 49.9 Å². The molecule has 2 saturated heterocycles. The van der Waals surface area contributed by atoms with Gasteiger partial charge in [0.15, 0.2) is 5.82 Å². The zero-order chi connectivity index (χ0) is 23.7. The molecule has 0 aromatic carbocycles. The van der Waals surface area contributed by atoms with E-state index in [-0.39, 0.29) is 18.1 Å². The second-order valence-electron chi connectivity index (χ2n) is 10.5. The van der Waals surface area contributed by atoms with Crippen LogP contribution in [0.3, 0.4) is 0 Å². The molecule has 2 aliphatic heterocycles. The zero-order valence-corrected chi connectivity index (χ0v) is 20.9. The lowest BCUT2D eigenvalue weighted by Gasteiger charge is -2.41. The monoisotopic (exact) mass is 498 g/mol. The number of nitrogens with zero attached hydrogens (tertiary/aromatic N) is 6. The van der Waals surface area contributed by atoms with Crippen LogP contribution in [0.1, 0.15) is 51.4 Å². The van der Waals surface area contributed by atoms with Gasteiger partial charge in [0, 0.05) is 44.5 Å². The van der Waals surface area contributed by atoms with E-state index in [9.17, 15) is 4.79 Å². The van der Waals surface area contributed by atoms with Crippen molar-refractivity contribution in [1.82, 2.24) is 25.3 Å². The molecule has 1 spiro atoms. The number of aromatic nitrogens is 4. The summed E-state index contributed by atoms with van der Waals surface area (Å²) in [4.78, 5) is 17.5. The van der Waals surface area contributed by atoms with Crippen molar-refractivity contribution in [2.75, 3.05) is 48.3 Å². The fraction of sp³-hybridized carbons (Fsp3) is 0.708. The molecule has 2 aliphatic carbocycles. The smallest absolute Gasteiger partial charge is 0.228 e. The van der Waals surface area contributed by atoms with Gasteiger partial charge in [-0.15, -0.1) is 15.3 Å². The highest BCUT2D eigenvalue weighted by atomic mass is 32.1. The van der Waals surface area contributed by atoms with E-state index in [0.29, 0.717) is 29.6 Å². The quantitative estimate of drug-likeness (QED) is 0.596. The lowest BCUT2D eigenvalue weighted by molar-refractivity contribution is -0.122. The maximum atomic E-state index is 12.7.